The first kappa shape index (κ1) is 14.5. The van der Waals surface area contributed by atoms with E-state index < -0.39 is 23.7 Å². The molecule has 1 amide bonds. The van der Waals surface area contributed by atoms with Crippen molar-refractivity contribution in [2.75, 3.05) is 6.54 Å². The standard InChI is InChI=1S/C15H15BrFNO3/c16-11-5-4-8(6-12(11)17)14(19)18-7-9-2-1-3-10(9)13(18)15(20)21/h4-6,9-10,13H,1-3,7H2,(H,20,21). The smallest absolute Gasteiger partial charge is 0.326 e. The first-order valence-electron chi connectivity index (χ1n) is 6.98. The van der Waals surface area contributed by atoms with E-state index in [0.717, 1.165) is 25.3 Å². The quantitative estimate of drug-likeness (QED) is 0.887. The number of halogens is 2. The third-order valence-electron chi connectivity index (χ3n) is 4.57. The maximum absolute atomic E-state index is 13.6. The molecule has 1 aliphatic carbocycles. The van der Waals surface area contributed by atoms with Crippen molar-refractivity contribution in [3.63, 3.8) is 0 Å². The molecule has 3 rings (SSSR count). The molecule has 1 N–H and O–H groups in total. The number of rotatable bonds is 2. The average molecular weight is 356 g/mol. The van der Waals surface area contributed by atoms with E-state index >= 15 is 0 Å². The number of fused-ring (bicyclic) bond motifs is 1. The van der Waals surface area contributed by atoms with E-state index in [0.29, 0.717) is 6.54 Å². The second-order valence-electron chi connectivity index (χ2n) is 5.72. The van der Waals surface area contributed by atoms with Crippen LogP contribution in [-0.4, -0.2) is 34.5 Å². The van der Waals surface area contributed by atoms with Gasteiger partial charge in [-0.25, -0.2) is 9.18 Å². The molecule has 2 fully saturated rings. The van der Waals surface area contributed by atoms with Gasteiger partial charge < -0.3 is 10.0 Å². The van der Waals surface area contributed by atoms with Crippen molar-refractivity contribution in [1.29, 1.82) is 0 Å². The predicted molar refractivity (Wildman–Crippen MR) is 77.4 cm³/mol. The number of aliphatic carboxylic acids is 1. The molecule has 6 heteroatoms. The van der Waals surface area contributed by atoms with E-state index in [-0.39, 0.29) is 21.9 Å². The minimum Gasteiger partial charge on any atom is -0.480 e. The zero-order valence-electron chi connectivity index (χ0n) is 11.3. The second-order valence-corrected chi connectivity index (χ2v) is 6.58. The van der Waals surface area contributed by atoms with Crippen molar-refractivity contribution in [3.8, 4) is 0 Å². The van der Waals surface area contributed by atoms with Gasteiger partial charge in [0.15, 0.2) is 0 Å². The Hall–Kier alpha value is -1.43. The number of carboxylic acid groups (broad SMARTS) is 1. The largest absolute Gasteiger partial charge is 0.480 e. The third kappa shape index (κ3) is 2.46. The van der Waals surface area contributed by atoms with Crippen molar-refractivity contribution in [2.24, 2.45) is 11.8 Å². The summed E-state index contributed by atoms with van der Waals surface area (Å²) in [4.78, 5) is 25.5. The number of likely N-dealkylation sites (tertiary alicyclic amines) is 1. The number of amides is 1. The van der Waals surface area contributed by atoms with Gasteiger partial charge in [0.1, 0.15) is 11.9 Å². The molecule has 2 aliphatic rings. The molecule has 1 heterocycles. The van der Waals surface area contributed by atoms with Crippen molar-refractivity contribution in [1.82, 2.24) is 4.90 Å². The zero-order valence-corrected chi connectivity index (χ0v) is 12.8. The van der Waals surface area contributed by atoms with Crippen molar-refractivity contribution >= 4 is 27.8 Å². The van der Waals surface area contributed by atoms with Crippen LogP contribution in [-0.2, 0) is 4.79 Å². The Balaban J connectivity index is 1.89. The fraction of sp³-hybridized carbons (Fsp3) is 0.467. The van der Waals surface area contributed by atoms with Crippen LogP contribution in [0.25, 0.3) is 0 Å². The summed E-state index contributed by atoms with van der Waals surface area (Å²) in [6.45, 7) is 0.456. The molecule has 1 saturated carbocycles. The Morgan fingerprint density at radius 1 is 1.33 bits per heavy atom. The highest BCUT2D eigenvalue weighted by atomic mass is 79.9. The first-order chi connectivity index (χ1) is 9.99. The Kier molecular flexibility index (Phi) is 3.73. The highest BCUT2D eigenvalue weighted by molar-refractivity contribution is 9.10. The third-order valence-corrected chi connectivity index (χ3v) is 5.21. The van der Waals surface area contributed by atoms with Crippen LogP contribution in [0, 0.1) is 17.7 Å². The summed E-state index contributed by atoms with van der Waals surface area (Å²) in [5, 5.41) is 9.45. The number of benzene rings is 1. The fourth-order valence-electron chi connectivity index (χ4n) is 3.63. The van der Waals surface area contributed by atoms with Crippen molar-refractivity contribution < 1.29 is 19.1 Å². The molecule has 1 saturated heterocycles. The SMILES string of the molecule is O=C(O)C1C2CCCC2CN1C(=O)c1ccc(Br)c(F)c1. The van der Waals surface area contributed by atoms with E-state index in [2.05, 4.69) is 15.9 Å². The fourth-order valence-corrected chi connectivity index (χ4v) is 3.87. The maximum Gasteiger partial charge on any atom is 0.326 e. The molecule has 3 atom stereocenters. The van der Waals surface area contributed by atoms with Gasteiger partial charge in [-0.15, -0.1) is 0 Å². The summed E-state index contributed by atoms with van der Waals surface area (Å²) >= 11 is 3.04. The Morgan fingerprint density at radius 3 is 2.76 bits per heavy atom. The number of carbonyl (C=O) groups is 2. The van der Waals surface area contributed by atoms with E-state index in [1.165, 1.54) is 17.0 Å². The van der Waals surface area contributed by atoms with Gasteiger partial charge in [0.25, 0.3) is 5.91 Å². The molecule has 112 valence electrons. The lowest BCUT2D eigenvalue weighted by molar-refractivity contribution is -0.142. The van der Waals surface area contributed by atoms with Crippen LogP contribution in [0.2, 0.25) is 0 Å². The minimum atomic E-state index is -0.963. The Morgan fingerprint density at radius 2 is 2.10 bits per heavy atom. The summed E-state index contributed by atoms with van der Waals surface area (Å²) in [5.74, 6) is -1.59. The second kappa shape index (κ2) is 5.40. The van der Waals surface area contributed by atoms with E-state index in [4.69, 9.17) is 0 Å². The normalized spacial score (nSPS) is 27.7. The number of hydrogen-bond donors (Lipinski definition) is 1. The van der Waals surface area contributed by atoms with Gasteiger partial charge >= 0.3 is 5.97 Å². The molecule has 21 heavy (non-hydrogen) atoms. The van der Waals surface area contributed by atoms with Gasteiger partial charge in [-0.1, -0.05) is 6.42 Å². The predicted octanol–water partition coefficient (Wildman–Crippen LogP) is 2.91. The number of nitrogens with zero attached hydrogens (tertiary/aromatic N) is 1. The first-order valence-corrected chi connectivity index (χ1v) is 7.77. The molecule has 1 aromatic carbocycles. The number of hydrogen-bond acceptors (Lipinski definition) is 2. The summed E-state index contributed by atoms with van der Waals surface area (Å²) < 4.78 is 13.9. The van der Waals surface area contributed by atoms with Crippen LogP contribution in [0.3, 0.4) is 0 Å². The van der Waals surface area contributed by atoms with Crippen LogP contribution >= 0.6 is 15.9 Å². The highest BCUT2D eigenvalue weighted by Crippen LogP contribution is 2.42. The zero-order chi connectivity index (χ0) is 15.1. The van der Waals surface area contributed by atoms with Gasteiger partial charge in [-0.05, 0) is 58.8 Å². The van der Waals surface area contributed by atoms with E-state index in [1.54, 1.807) is 0 Å². The minimum absolute atomic E-state index is 0.0340. The molecular weight excluding hydrogens is 341 g/mol. The lowest BCUT2D eigenvalue weighted by atomic mass is 9.94. The molecule has 1 aliphatic heterocycles. The van der Waals surface area contributed by atoms with Gasteiger partial charge in [-0.2, -0.15) is 0 Å². The van der Waals surface area contributed by atoms with Crippen LogP contribution in [0.5, 0.6) is 0 Å². The van der Waals surface area contributed by atoms with Crippen LogP contribution in [0.15, 0.2) is 22.7 Å². The Bertz CT molecular complexity index is 607. The topological polar surface area (TPSA) is 57.6 Å². The molecule has 4 nitrogen and oxygen atoms in total. The summed E-state index contributed by atoms with van der Waals surface area (Å²) in [7, 11) is 0. The number of carboxylic acids is 1. The van der Waals surface area contributed by atoms with Gasteiger partial charge in [0.2, 0.25) is 0 Å². The van der Waals surface area contributed by atoms with E-state index in [1.807, 2.05) is 0 Å². The summed E-state index contributed by atoms with van der Waals surface area (Å²) in [6.07, 6.45) is 2.83. The number of carbonyl (C=O) groups excluding carboxylic acids is 1. The monoisotopic (exact) mass is 355 g/mol. The van der Waals surface area contributed by atoms with Crippen LogP contribution < -0.4 is 0 Å². The van der Waals surface area contributed by atoms with Crippen molar-refractivity contribution in [3.05, 3.63) is 34.1 Å². The average Bonchev–Trinajstić information content (AvgIpc) is 3.00. The molecule has 0 spiro atoms. The summed E-state index contributed by atoms with van der Waals surface area (Å²) in [5.41, 5.74) is 0.196. The van der Waals surface area contributed by atoms with Gasteiger partial charge in [0.05, 0.1) is 4.47 Å². The molecule has 3 unspecified atom stereocenters. The maximum atomic E-state index is 13.6. The van der Waals surface area contributed by atoms with Crippen LogP contribution in [0.4, 0.5) is 4.39 Å². The van der Waals surface area contributed by atoms with Crippen molar-refractivity contribution in [2.45, 2.75) is 25.3 Å². The van der Waals surface area contributed by atoms with Gasteiger partial charge in [0, 0.05) is 12.1 Å². The van der Waals surface area contributed by atoms with Gasteiger partial charge in [-0.3, -0.25) is 4.79 Å². The molecular formula is C15H15BrFNO3. The molecule has 0 bridgehead atoms. The van der Waals surface area contributed by atoms with Crippen LogP contribution in [0.1, 0.15) is 29.6 Å². The molecule has 0 aromatic heterocycles. The molecule has 1 aromatic rings. The molecule has 0 radical (unpaired) electrons. The lowest BCUT2D eigenvalue weighted by Crippen LogP contribution is -2.43. The Labute approximate surface area is 130 Å². The lowest BCUT2D eigenvalue weighted by Gasteiger charge is -2.24. The van der Waals surface area contributed by atoms with E-state index in [9.17, 15) is 19.1 Å². The highest BCUT2D eigenvalue weighted by Gasteiger charge is 2.49. The summed E-state index contributed by atoms with van der Waals surface area (Å²) in [6, 6.07) is 3.36.